The molecule has 37 heavy (non-hydrogen) atoms. The fraction of sp³-hybridized carbons (Fsp3) is 0.519. The van der Waals surface area contributed by atoms with Crippen molar-refractivity contribution in [1.29, 1.82) is 0 Å². The first-order chi connectivity index (χ1) is 18.1. The molecule has 1 aromatic carbocycles. The Hall–Kier alpha value is -3.37. The summed E-state index contributed by atoms with van der Waals surface area (Å²) in [5, 5.41) is 3.08. The van der Waals surface area contributed by atoms with Gasteiger partial charge in [-0.15, -0.1) is 0 Å². The molecule has 198 valence electrons. The third-order valence-corrected chi connectivity index (χ3v) is 6.47. The van der Waals surface area contributed by atoms with Gasteiger partial charge in [0.1, 0.15) is 17.9 Å². The Labute approximate surface area is 218 Å². The number of hydrogen-bond acceptors (Lipinski definition) is 9. The first kappa shape index (κ1) is 26.7. The second-order valence-corrected chi connectivity index (χ2v) is 9.18. The molecule has 1 saturated heterocycles. The van der Waals surface area contributed by atoms with Crippen LogP contribution in [0.5, 0.6) is 5.75 Å². The number of nitrogens with two attached hydrogens (primary N) is 1. The molecular formula is C27H37N7O3. The van der Waals surface area contributed by atoms with E-state index >= 15 is 0 Å². The van der Waals surface area contributed by atoms with Gasteiger partial charge in [-0.2, -0.15) is 0 Å². The number of nitrogen functional groups attached to an aromatic ring is 1. The minimum atomic E-state index is -0.0297. The lowest BCUT2D eigenvalue weighted by Crippen LogP contribution is -2.49. The number of nitrogens with one attached hydrogen (secondary N) is 1. The quantitative estimate of drug-likeness (QED) is 0.355. The highest BCUT2D eigenvalue weighted by Crippen LogP contribution is 2.35. The maximum Gasteiger partial charge on any atom is 0.237 e. The first-order valence-electron chi connectivity index (χ1n) is 13.2. The zero-order chi connectivity index (χ0) is 26.0. The largest absolute Gasteiger partial charge is 0.491 e. The molecule has 0 spiro atoms. The van der Waals surface area contributed by atoms with E-state index in [1.54, 1.807) is 12.4 Å². The number of hydrogen-bond donors (Lipinski definition) is 2. The van der Waals surface area contributed by atoms with Crippen LogP contribution >= 0.6 is 0 Å². The second kappa shape index (κ2) is 13.3. The van der Waals surface area contributed by atoms with Gasteiger partial charge in [-0.1, -0.05) is 20.3 Å². The second-order valence-electron chi connectivity index (χ2n) is 9.18. The summed E-state index contributed by atoms with van der Waals surface area (Å²) < 4.78 is 11.8. The van der Waals surface area contributed by atoms with Gasteiger partial charge in [0.25, 0.3) is 0 Å². The molecule has 1 fully saturated rings. The van der Waals surface area contributed by atoms with E-state index in [4.69, 9.17) is 15.2 Å². The van der Waals surface area contributed by atoms with Gasteiger partial charge in [0.2, 0.25) is 5.91 Å². The minimum Gasteiger partial charge on any atom is -0.491 e. The number of ether oxygens (including phenoxy) is 2. The van der Waals surface area contributed by atoms with Gasteiger partial charge in [0.15, 0.2) is 11.6 Å². The molecule has 1 amide bonds. The van der Waals surface area contributed by atoms with E-state index in [0.29, 0.717) is 61.2 Å². The Morgan fingerprint density at radius 2 is 1.97 bits per heavy atom. The van der Waals surface area contributed by atoms with E-state index in [2.05, 4.69) is 44.0 Å². The van der Waals surface area contributed by atoms with Gasteiger partial charge in [-0.25, -0.2) is 15.0 Å². The van der Waals surface area contributed by atoms with Crippen LogP contribution in [0.2, 0.25) is 0 Å². The molecule has 0 aliphatic carbocycles. The Morgan fingerprint density at radius 3 is 2.76 bits per heavy atom. The molecule has 3 heterocycles. The van der Waals surface area contributed by atoms with E-state index in [-0.39, 0.29) is 11.9 Å². The molecule has 2 aromatic heterocycles. The molecule has 1 aliphatic heterocycles. The Bertz CT molecular complexity index is 1170. The number of anilines is 1. The predicted octanol–water partition coefficient (Wildman–Crippen LogP) is 3.36. The molecule has 0 bridgehead atoms. The van der Waals surface area contributed by atoms with Crippen LogP contribution < -0.4 is 15.8 Å². The van der Waals surface area contributed by atoms with Crippen molar-refractivity contribution >= 4 is 22.8 Å². The highest BCUT2D eigenvalue weighted by Gasteiger charge is 2.27. The summed E-state index contributed by atoms with van der Waals surface area (Å²) >= 11 is 0. The third kappa shape index (κ3) is 6.90. The van der Waals surface area contributed by atoms with Crippen molar-refractivity contribution < 1.29 is 14.3 Å². The van der Waals surface area contributed by atoms with Crippen LogP contribution in [0.15, 0.2) is 30.7 Å². The van der Waals surface area contributed by atoms with E-state index in [9.17, 15) is 4.79 Å². The topological polar surface area (TPSA) is 128 Å². The SMILES string of the molecule is CCCOCc1ncc(-c2ccc3ncc(N)nc3c2OCCCNC(=O)[C@@H]2CCCCN2CC)cn1. The molecule has 3 N–H and O–H groups in total. The summed E-state index contributed by atoms with van der Waals surface area (Å²) in [6.07, 6.45) is 9.82. The number of rotatable bonds is 12. The first-order valence-corrected chi connectivity index (χ1v) is 13.2. The molecule has 4 rings (SSSR count). The van der Waals surface area contributed by atoms with E-state index in [0.717, 1.165) is 49.9 Å². The van der Waals surface area contributed by atoms with Crippen molar-refractivity contribution in [3.05, 3.63) is 36.5 Å². The predicted molar refractivity (Wildman–Crippen MR) is 143 cm³/mol. The average molecular weight is 508 g/mol. The van der Waals surface area contributed by atoms with Gasteiger partial charge in [0.05, 0.1) is 24.4 Å². The van der Waals surface area contributed by atoms with Crippen molar-refractivity contribution in [2.24, 2.45) is 0 Å². The maximum absolute atomic E-state index is 12.7. The fourth-order valence-corrected chi connectivity index (χ4v) is 4.56. The lowest BCUT2D eigenvalue weighted by Gasteiger charge is -2.33. The van der Waals surface area contributed by atoms with Crippen LogP contribution in [0, 0.1) is 0 Å². The molecule has 10 nitrogen and oxygen atoms in total. The van der Waals surface area contributed by atoms with Crippen LogP contribution in [0.1, 0.15) is 51.8 Å². The van der Waals surface area contributed by atoms with Crippen LogP contribution in [0.3, 0.4) is 0 Å². The molecule has 3 aromatic rings. The van der Waals surface area contributed by atoms with Crippen LogP contribution in [0.25, 0.3) is 22.2 Å². The number of likely N-dealkylation sites (N-methyl/N-ethyl adjacent to an activating group) is 1. The van der Waals surface area contributed by atoms with Crippen LogP contribution in [-0.2, 0) is 16.1 Å². The molecule has 10 heteroatoms. The summed E-state index contributed by atoms with van der Waals surface area (Å²) in [5.74, 6) is 1.62. The van der Waals surface area contributed by atoms with E-state index in [1.807, 2.05) is 12.1 Å². The molecule has 0 saturated carbocycles. The number of piperidine rings is 1. The Morgan fingerprint density at radius 1 is 1.14 bits per heavy atom. The van der Waals surface area contributed by atoms with Crippen molar-refractivity contribution in [2.45, 2.75) is 58.6 Å². The van der Waals surface area contributed by atoms with Gasteiger partial charge in [0, 0.05) is 36.7 Å². The highest BCUT2D eigenvalue weighted by molar-refractivity contribution is 5.90. The van der Waals surface area contributed by atoms with Crippen LogP contribution in [0.4, 0.5) is 5.82 Å². The van der Waals surface area contributed by atoms with Crippen LogP contribution in [-0.4, -0.2) is 69.6 Å². The summed E-state index contributed by atoms with van der Waals surface area (Å²) in [5.41, 5.74) is 8.81. The number of aromatic nitrogens is 4. The van der Waals surface area contributed by atoms with Gasteiger partial charge >= 0.3 is 0 Å². The number of amides is 1. The lowest BCUT2D eigenvalue weighted by molar-refractivity contribution is -0.127. The highest BCUT2D eigenvalue weighted by atomic mass is 16.5. The number of carbonyl (C=O) groups excluding carboxylic acids is 1. The zero-order valence-corrected chi connectivity index (χ0v) is 21.8. The zero-order valence-electron chi connectivity index (χ0n) is 21.8. The lowest BCUT2D eigenvalue weighted by atomic mass is 10.0. The summed E-state index contributed by atoms with van der Waals surface area (Å²) in [6.45, 7) is 8.03. The summed E-state index contributed by atoms with van der Waals surface area (Å²) in [4.78, 5) is 32.7. The Balaban J connectivity index is 1.43. The summed E-state index contributed by atoms with van der Waals surface area (Å²) in [7, 11) is 0. The standard InChI is InChI=1S/C27H37N7O3/c1-3-13-36-18-24-31-15-19(16-32-24)20-9-10-21-25(33-23(28)17-30-21)26(20)37-14-7-11-29-27(35)22-8-5-6-12-34(22)4-2/h9-10,15-17,22H,3-8,11-14,18H2,1-2H3,(H2,28,33)(H,29,35)/t22-/m0/s1. The number of likely N-dealkylation sites (tertiary alicyclic amines) is 1. The van der Waals surface area contributed by atoms with Crippen molar-refractivity contribution in [3.8, 4) is 16.9 Å². The Kier molecular flexibility index (Phi) is 9.56. The number of carbonyl (C=O) groups is 1. The number of benzene rings is 1. The van der Waals surface area contributed by atoms with Crippen molar-refractivity contribution in [3.63, 3.8) is 0 Å². The average Bonchev–Trinajstić information content (AvgIpc) is 2.93. The fourth-order valence-electron chi connectivity index (χ4n) is 4.56. The van der Waals surface area contributed by atoms with Gasteiger partial charge in [-0.3, -0.25) is 14.7 Å². The minimum absolute atomic E-state index is 0.0297. The molecule has 0 unspecified atom stereocenters. The van der Waals surface area contributed by atoms with Crippen molar-refractivity contribution in [1.82, 2.24) is 30.2 Å². The van der Waals surface area contributed by atoms with E-state index in [1.165, 1.54) is 6.20 Å². The maximum atomic E-state index is 12.7. The number of fused-ring (bicyclic) bond motifs is 1. The summed E-state index contributed by atoms with van der Waals surface area (Å²) in [6, 6.07) is 3.78. The number of nitrogens with zero attached hydrogens (tertiary/aromatic N) is 5. The van der Waals surface area contributed by atoms with Gasteiger partial charge < -0.3 is 20.5 Å². The van der Waals surface area contributed by atoms with Crippen molar-refractivity contribution in [2.75, 3.05) is 38.6 Å². The van der Waals surface area contributed by atoms with E-state index < -0.39 is 0 Å². The third-order valence-electron chi connectivity index (χ3n) is 6.47. The monoisotopic (exact) mass is 507 g/mol. The molecular weight excluding hydrogens is 470 g/mol. The smallest absolute Gasteiger partial charge is 0.237 e. The molecule has 1 atom stereocenters. The normalized spacial score (nSPS) is 16.1. The molecule has 0 radical (unpaired) electrons. The van der Waals surface area contributed by atoms with Gasteiger partial charge in [-0.05, 0) is 50.9 Å². The molecule has 1 aliphatic rings.